The summed E-state index contributed by atoms with van der Waals surface area (Å²) >= 11 is 0. The van der Waals surface area contributed by atoms with Crippen molar-refractivity contribution in [2.24, 2.45) is 4.99 Å². The normalized spacial score (nSPS) is 16.6. The number of fused-ring (bicyclic) bond motifs is 1. The number of nitrogens with one attached hydrogen (secondary N) is 2. The fourth-order valence-electron chi connectivity index (χ4n) is 3.68. The van der Waals surface area contributed by atoms with Crippen molar-refractivity contribution in [2.45, 2.75) is 38.8 Å². The van der Waals surface area contributed by atoms with E-state index in [-0.39, 0.29) is 5.56 Å². The highest BCUT2D eigenvalue weighted by atomic mass is 19.4. The summed E-state index contributed by atoms with van der Waals surface area (Å²) in [4.78, 5) is 8.80. The Balaban J connectivity index is 1.83. The zero-order valence-electron chi connectivity index (χ0n) is 15.5. The predicted octanol–water partition coefficient (Wildman–Crippen LogP) is 4.92. The van der Waals surface area contributed by atoms with Crippen molar-refractivity contribution in [1.82, 2.24) is 10.3 Å². The number of hydrogen-bond donors (Lipinski definition) is 2. The molecule has 7 heteroatoms. The van der Waals surface area contributed by atoms with Crippen molar-refractivity contribution in [3.8, 4) is 11.3 Å². The van der Waals surface area contributed by atoms with Crippen LogP contribution in [0.5, 0.6) is 0 Å². The zero-order valence-corrected chi connectivity index (χ0v) is 15.5. The van der Waals surface area contributed by atoms with Gasteiger partial charge >= 0.3 is 6.18 Å². The van der Waals surface area contributed by atoms with Crippen molar-refractivity contribution < 1.29 is 13.2 Å². The quantitative estimate of drug-likeness (QED) is 0.787. The molecule has 1 aromatic carbocycles. The number of aliphatic imine (C=N–C) groups is 1. The van der Waals surface area contributed by atoms with Crippen molar-refractivity contribution >= 4 is 12.0 Å². The molecule has 0 radical (unpaired) electrons. The minimum Gasteiger partial charge on any atom is -0.341 e. The maximum Gasteiger partial charge on any atom is 0.417 e. The summed E-state index contributed by atoms with van der Waals surface area (Å²) in [5.74, 6) is 0.823. The lowest BCUT2D eigenvalue weighted by atomic mass is 9.92. The Bertz CT molecular complexity index is 961. The number of pyridine rings is 1. The maximum atomic E-state index is 13.5. The van der Waals surface area contributed by atoms with Gasteiger partial charge in [-0.25, -0.2) is 0 Å². The third kappa shape index (κ3) is 3.61. The number of alkyl halides is 3. The van der Waals surface area contributed by atoms with E-state index in [2.05, 4.69) is 20.6 Å². The van der Waals surface area contributed by atoms with Gasteiger partial charge in [0.15, 0.2) is 0 Å². The smallest absolute Gasteiger partial charge is 0.341 e. The van der Waals surface area contributed by atoms with E-state index in [9.17, 15) is 13.2 Å². The number of hydrogen-bond acceptors (Lipinski definition) is 4. The van der Waals surface area contributed by atoms with Gasteiger partial charge in [-0.15, -0.1) is 0 Å². The fourth-order valence-corrected chi connectivity index (χ4v) is 3.68. The van der Waals surface area contributed by atoms with E-state index in [0.29, 0.717) is 12.2 Å². The summed E-state index contributed by atoms with van der Waals surface area (Å²) < 4.78 is 40.6. The van der Waals surface area contributed by atoms with Crippen LogP contribution in [0, 0.1) is 0 Å². The second-order valence-corrected chi connectivity index (χ2v) is 7.13. The van der Waals surface area contributed by atoms with Crippen LogP contribution in [-0.2, 0) is 19.0 Å². The lowest BCUT2D eigenvalue weighted by Gasteiger charge is -2.24. The highest BCUT2D eigenvalue weighted by Crippen LogP contribution is 2.39. The lowest BCUT2D eigenvalue weighted by molar-refractivity contribution is -0.137. The van der Waals surface area contributed by atoms with Crippen LogP contribution in [-0.4, -0.2) is 17.9 Å². The topological polar surface area (TPSA) is 49.3 Å². The molecule has 28 heavy (non-hydrogen) atoms. The fraction of sp³-hybridized carbons (Fsp3) is 0.333. The monoisotopic (exact) mass is 386 g/mol. The molecule has 4 nitrogen and oxygen atoms in total. The molecule has 4 rings (SSSR count). The Hall–Kier alpha value is -2.83. The lowest BCUT2D eigenvalue weighted by Crippen LogP contribution is -2.25. The molecule has 0 fully saturated rings. The molecule has 0 saturated carbocycles. The van der Waals surface area contributed by atoms with E-state index < -0.39 is 11.7 Å². The maximum absolute atomic E-state index is 13.5. The second kappa shape index (κ2) is 7.30. The van der Waals surface area contributed by atoms with E-state index >= 15 is 0 Å². The summed E-state index contributed by atoms with van der Waals surface area (Å²) in [6.07, 6.45) is 0.890. The standard InChI is InChI=1S/C21H21F3N4/c1-13-11-25-12-26-20(13)28-19-10-18(27-17-9-5-3-7-15(17)19)14-6-2-4-8-16(14)21(22,23)24/h2,4,6,8,10,12H,3,5,7,9,11H2,1H3,(H,25,26)(H,27,28). The zero-order chi connectivity index (χ0) is 19.7. The molecule has 2 aromatic rings. The average Bonchev–Trinajstić information content (AvgIpc) is 2.69. The van der Waals surface area contributed by atoms with Gasteiger partial charge in [-0.05, 0) is 55.9 Å². The molecule has 0 spiro atoms. The minimum absolute atomic E-state index is 0.107. The minimum atomic E-state index is -4.43. The van der Waals surface area contributed by atoms with Gasteiger partial charge < -0.3 is 10.6 Å². The molecule has 0 unspecified atom stereocenters. The van der Waals surface area contributed by atoms with Gasteiger partial charge in [-0.1, -0.05) is 18.2 Å². The molecule has 1 aromatic heterocycles. The first-order valence-corrected chi connectivity index (χ1v) is 9.34. The summed E-state index contributed by atoms with van der Waals surface area (Å²) in [5, 5.41) is 6.48. The van der Waals surface area contributed by atoms with Gasteiger partial charge in [-0.2, -0.15) is 13.2 Å². The van der Waals surface area contributed by atoms with Gasteiger partial charge in [0, 0.05) is 16.9 Å². The number of anilines is 1. The van der Waals surface area contributed by atoms with E-state index in [4.69, 9.17) is 0 Å². The molecule has 0 amide bonds. The molecule has 0 saturated heterocycles. The largest absolute Gasteiger partial charge is 0.417 e. The first kappa shape index (κ1) is 18.5. The Morgan fingerprint density at radius 3 is 2.68 bits per heavy atom. The SMILES string of the molecule is CC1=C(Nc2cc(-c3ccccc3C(F)(F)F)nc3c2CCCC3)NC=NC1. The molecule has 0 atom stereocenters. The molecule has 0 bridgehead atoms. The number of rotatable bonds is 3. The molecule has 2 heterocycles. The number of nitrogens with zero attached hydrogens (tertiary/aromatic N) is 2. The van der Waals surface area contributed by atoms with Crippen LogP contribution in [0.3, 0.4) is 0 Å². The second-order valence-electron chi connectivity index (χ2n) is 7.13. The Morgan fingerprint density at radius 2 is 1.89 bits per heavy atom. The average molecular weight is 386 g/mol. The first-order valence-electron chi connectivity index (χ1n) is 9.34. The van der Waals surface area contributed by atoms with Gasteiger partial charge in [0.2, 0.25) is 0 Å². The summed E-state index contributed by atoms with van der Waals surface area (Å²) in [7, 11) is 0. The molecule has 1 aliphatic carbocycles. The van der Waals surface area contributed by atoms with E-state index in [1.54, 1.807) is 18.5 Å². The number of halogens is 3. The van der Waals surface area contributed by atoms with Crippen LogP contribution in [0.25, 0.3) is 11.3 Å². The van der Waals surface area contributed by atoms with Gasteiger partial charge in [0.05, 0.1) is 24.1 Å². The van der Waals surface area contributed by atoms with Crippen LogP contribution in [0.4, 0.5) is 18.9 Å². The Labute approximate surface area is 161 Å². The molecule has 1 aliphatic heterocycles. The van der Waals surface area contributed by atoms with Crippen molar-refractivity contribution in [3.05, 3.63) is 58.5 Å². The Kier molecular flexibility index (Phi) is 4.83. The van der Waals surface area contributed by atoms with Gasteiger partial charge in [0.25, 0.3) is 0 Å². The van der Waals surface area contributed by atoms with Crippen LogP contribution in [0.2, 0.25) is 0 Å². The van der Waals surface area contributed by atoms with Crippen LogP contribution < -0.4 is 10.6 Å². The van der Waals surface area contributed by atoms with E-state index in [1.165, 1.54) is 12.1 Å². The molecular weight excluding hydrogens is 365 g/mol. The third-order valence-corrected chi connectivity index (χ3v) is 5.12. The molecule has 146 valence electrons. The van der Waals surface area contributed by atoms with Gasteiger partial charge in [0.1, 0.15) is 5.82 Å². The van der Waals surface area contributed by atoms with Crippen molar-refractivity contribution in [1.29, 1.82) is 0 Å². The number of aromatic nitrogens is 1. The van der Waals surface area contributed by atoms with Crippen molar-refractivity contribution in [2.75, 3.05) is 11.9 Å². The molecular formula is C21H21F3N4. The third-order valence-electron chi connectivity index (χ3n) is 5.12. The summed E-state index contributed by atoms with van der Waals surface area (Å²) in [5.41, 5.74) is 3.61. The molecule has 2 N–H and O–H groups in total. The van der Waals surface area contributed by atoms with Crippen LogP contribution in [0.15, 0.2) is 46.7 Å². The first-order chi connectivity index (χ1) is 13.4. The number of benzene rings is 1. The Morgan fingerprint density at radius 1 is 1.11 bits per heavy atom. The predicted molar refractivity (Wildman–Crippen MR) is 104 cm³/mol. The summed E-state index contributed by atoms with van der Waals surface area (Å²) in [6.45, 7) is 2.56. The van der Waals surface area contributed by atoms with Crippen molar-refractivity contribution in [3.63, 3.8) is 0 Å². The highest BCUT2D eigenvalue weighted by Gasteiger charge is 2.34. The van der Waals surface area contributed by atoms with Gasteiger partial charge in [-0.3, -0.25) is 9.98 Å². The van der Waals surface area contributed by atoms with E-state index in [0.717, 1.165) is 60.1 Å². The highest BCUT2D eigenvalue weighted by molar-refractivity contribution is 5.73. The van der Waals surface area contributed by atoms with Crippen LogP contribution in [0.1, 0.15) is 36.6 Å². The summed E-state index contributed by atoms with van der Waals surface area (Å²) in [6, 6.07) is 7.35. The number of aryl methyl sites for hydroxylation is 1. The molecule has 2 aliphatic rings. The van der Waals surface area contributed by atoms with Crippen LogP contribution >= 0.6 is 0 Å². The van der Waals surface area contributed by atoms with E-state index in [1.807, 2.05) is 6.92 Å².